The molecular formula is C32H34N4O6. The molecule has 1 fully saturated rings. The molecule has 3 aromatic rings. The van der Waals surface area contributed by atoms with Crippen molar-refractivity contribution in [2.24, 2.45) is 0 Å². The second kappa shape index (κ2) is 13.4. The summed E-state index contributed by atoms with van der Waals surface area (Å²) in [5, 5.41) is 13.9. The minimum Gasteiger partial charge on any atom is -0.446 e. The van der Waals surface area contributed by atoms with Crippen LogP contribution >= 0.6 is 0 Å². The Morgan fingerprint density at radius 2 is 1.50 bits per heavy atom. The Morgan fingerprint density at radius 3 is 2.24 bits per heavy atom. The van der Waals surface area contributed by atoms with Gasteiger partial charge in [-0.15, -0.1) is 0 Å². The number of benzene rings is 3. The number of carbonyl (C=O) groups is 3. The molecule has 0 aliphatic carbocycles. The molecule has 2 aliphatic rings. The van der Waals surface area contributed by atoms with Gasteiger partial charge in [-0.05, 0) is 49.9 Å². The van der Waals surface area contributed by atoms with Gasteiger partial charge >= 0.3 is 6.09 Å². The summed E-state index contributed by atoms with van der Waals surface area (Å²) in [5.41, 5.74) is 2.83. The van der Waals surface area contributed by atoms with Crippen molar-refractivity contribution in [1.82, 2.24) is 9.80 Å². The van der Waals surface area contributed by atoms with E-state index in [0.29, 0.717) is 13.0 Å². The van der Waals surface area contributed by atoms with Crippen LogP contribution in [0.3, 0.4) is 0 Å². The molecule has 2 aliphatic heterocycles. The van der Waals surface area contributed by atoms with Crippen LogP contribution in [0.4, 0.5) is 16.2 Å². The van der Waals surface area contributed by atoms with E-state index < -0.39 is 16.9 Å². The summed E-state index contributed by atoms with van der Waals surface area (Å²) >= 11 is 0. The van der Waals surface area contributed by atoms with Crippen molar-refractivity contribution in [1.29, 1.82) is 0 Å². The van der Waals surface area contributed by atoms with E-state index in [9.17, 15) is 24.5 Å². The van der Waals surface area contributed by atoms with Crippen molar-refractivity contribution in [3.05, 3.63) is 94.0 Å². The summed E-state index contributed by atoms with van der Waals surface area (Å²) in [4.78, 5) is 51.8. The number of nitro benzene ring substituents is 1. The van der Waals surface area contributed by atoms with E-state index in [-0.39, 0.29) is 28.8 Å². The number of unbranched alkanes of at least 4 members (excludes halogenated alkanes) is 3. The van der Waals surface area contributed by atoms with Crippen molar-refractivity contribution in [3.8, 4) is 11.1 Å². The van der Waals surface area contributed by atoms with Crippen LogP contribution in [-0.4, -0.2) is 64.9 Å². The molecule has 3 amide bonds. The van der Waals surface area contributed by atoms with Crippen LogP contribution in [0.2, 0.25) is 0 Å². The molecule has 0 spiro atoms. The van der Waals surface area contributed by atoms with Gasteiger partial charge in [0, 0.05) is 37.3 Å². The van der Waals surface area contributed by atoms with Crippen LogP contribution < -0.4 is 5.32 Å². The largest absolute Gasteiger partial charge is 0.446 e. The van der Waals surface area contributed by atoms with Gasteiger partial charge < -0.3 is 9.64 Å². The number of nitrogens with one attached hydrogen (secondary N) is 1. The van der Waals surface area contributed by atoms with Crippen LogP contribution in [0.15, 0.2) is 72.8 Å². The number of likely N-dealkylation sites (tertiary alicyclic amines) is 1. The maximum Gasteiger partial charge on any atom is 0.411 e. The molecule has 42 heavy (non-hydrogen) atoms. The number of para-hydroxylation sites is 1. The van der Waals surface area contributed by atoms with Gasteiger partial charge in [0.1, 0.15) is 6.10 Å². The highest BCUT2D eigenvalue weighted by Crippen LogP contribution is 2.29. The molecule has 2 heterocycles. The van der Waals surface area contributed by atoms with Crippen LogP contribution in [0, 0.1) is 10.1 Å². The number of amides is 3. The summed E-state index contributed by atoms with van der Waals surface area (Å²) in [6.07, 6.45) is 4.53. The number of carbonyl (C=O) groups excluding carboxylic acids is 3. The fourth-order valence-corrected chi connectivity index (χ4v) is 5.56. The van der Waals surface area contributed by atoms with Gasteiger partial charge in [0.15, 0.2) is 0 Å². The van der Waals surface area contributed by atoms with Crippen LogP contribution in [0.5, 0.6) is 0 Å². The molecule has 218 valence electrons. The zero-order valence-corrected chi connectivity index (χ0v) is 23.4. The third kappa shape index (κ3) is 6.83. The highest BCUT2D eigenvalue weighted by molar-refractivity contribution is 6.21. The van der Waals surface area contributed by atoms with Gasteiger partial charge in [0.05, 0.1) is 21.7 Å². The first kappa shape index (κ1) is 28.9. The molecule has 0 saturated carbocycles. The second-order valence-corrected chi connectivity index (χ2v) is 10.6. The van der Waals surface area contributed by atoms with Crippen molar-refractivity contribution in [2.45, 2.75) is 44.6 Å². The number of imide groups is 1. The smallest absolute Gasteiger partial charge is 0.411 e. The van der Waals surface area contributed by atoms with Gasteiger partial charge in [-0.2, -0.15) is 0 Å². The summed E-state index contributed by atoms with van der Waals surface area (Å²) in [6, 6.07) is 21.4. The molecule has 5 rings (SSSR count). The lowest BCUT2D eigenvalue weighted by Crippen LogP contribution is -2.38. The summed E-state index contributed by atoms with van der Waals surface area (Å²) in [5.74, 6) is -0.845. The number of non-ortho nitro benzene ring substituents is 1. The quantitative estimate of drug-likeness (QED) is 0.127. The first-order valence-electron chi connectivity index (χ1n) is 14.4. The number of fused-ring (bicyclic) bond motifs is 1. The fraction of sp³-hybridized carbons (Fsp3) is 0.344. The zero-order chi connectivity index (χ0) is 29.5. The highest BCUT2D eigenvalue weighted by atomic mass is 16.6. The predicted octanol–water partition coefficient (Wildman–Crippen LogP) is 6.13. The van der Waals surface area contributed by atoms with E-state index in [2.05, 4.69) is 10.2 Å². The molecule has 0 unspecified atom stereocenters. The Bertz CT molecular complexity index is 1450. The monoisotopic (exact) mass is 570 g/mol. The number of ether oxygens (including phenoxy) is 1. The summed E-state index contributed by atoms with van der Waals surface area (Å²) in [7, 11) is 0. The lowest BCUT2D eigenvalue weighted by atomic mass is 10.0. The average molecular weight is 571 g/mol. The minimum atomic E-state index is -0.569. The van der Waals surface area contributed by atoms with E-state index in [1.54, 1.807) is 0 Å². The Morgan fingerprint density at radius 1 is 0.833 bits per heavy atom. The molecular weight excluding hydrogens is 536 g/mol. The standard InChI is InChI=1S/C32H34N4O6/c37-30-27-15-14-24(36(40)41)22-28(27)31(38)35(30)19-9-2-1-8-18-34-20-16-25(17-21-34)42-32(39)33-29-13-7-6-12-26(29)23-10-4-3-5-11-23/h3-7,10-15,22,25H,1-2,8-9,16-21H2,(H,33,39). The van der Waals surface area contributed by atoms with Crippen LogP contribution in [0.1, 0.15) is 59.2 Å². The molecule has 3 aromatic carbocycles. The van der Waals surface area contributed by atoms with E-state index in [1.807, 2.05) is 54.6 Å². The molecule has 0 aromatic heterocycles. The Balaban J connectivity index is 0.974. The molecule has 1 saturated heterocycles. The topological polar surface area (TPSA) is 122 Å². The lowest BCUT2D eigenvalue weighted by Gasteiger charge is -2.31. The Hall–Kier alpha value is -4.57. The van der Waals surface area contributed by atoms with E-state index in [1.165, 1.54) is 23.1 Å². The predicted molar refractivity (Wildman–Crippen MR) is 158 cm³/mol. The Kier molecular flexibility index (Phi) is 9.23. The van der Waals surface area contributed by atoms with Crippen molar-refractivity contribution in [2.75, 3.05) is 31.5 Å². The number of nitrogens with zero attached hydrogens (tertiary/aromatic N) is 3. The number of hydrogen-bond acceptors (Lipinski definition) is 7. The molecule has 1 N–H and O–H groups in total. The van der Waals surface area contributed by atoms with Gasteiger partial charge in [-0.3, -0.25) is 29.9 Å². The first-order valence-corrected chi connectivity index (χ1v) is 14.4. The zero-order valence-electron chi connectivity index (χ0n) is 23.4. The number of nitro groups is 1. The second-order valence-electron chi connectivity index (χ2n) is 10.6. The van der Waals surface area contributed by atoms with E-state index in [0.717, 1.165) is 68.6 Å². The van der Waals surface area contributed by atoms with Gasteiger partial charge in [-0.25, -0.2) is 4.79 Å². The molecule has 10 heteroatoms. The number of anilines is 1. The number of hydrogen-bond donors (Lipinski definition) is 1. The van der Waals surface area contributed by atoms with Crippen LogP contribution in [0.25, 0.3) is 11.1 Å². The Labute approximate surface area is 244 Å². The van der Waals surface area contributed by atoms with Crippen molar-refractivity contribution in [3.63, 3.8) is 0 Å². The number of rotatable bonds is 11. The summed E-state index contributed by atoms with van der Waals surface area (Å²) in [6.45, 7) is 2.97. The summed E-state index contributed by atoms with van der Waals surface area (Å²) < 4.78 is 5.73. The van der Waals surface area contributed by atoms with E-state index >= 15 is 0 Å². The normalized spacial score (nSPS) is 15.5. The van der Waals surface area contributed by atoms with Gasteiger partial charge in [0.25, 0.3) is 17.5 Å². The van der Waals surface area contributed by atoms with Gasteiger partial charge in [0.2, 0.25) is 0 Å². The highest BCUT2D eigenvalue weighted by Gasteiger charge is 2.36. The lowest BCUT2D eigenvalue weighted by molar-refractivity contribution is -0.384. The molecule has 0 bridgehead atoms. The molecule has 0 radical (unpaired) electrons. The molecule has 0 atom stereocenters. The fourth-order valence-electron chi connectivity index (χ4n) is 5.56. The van der Waals surface area contributed by atoms with Crippen LogP contribution in [-0.2, 0) is 4.74 Å². The van der Waals surface area contributed by atoms with Crippen molar-refractivity contribution >= 4 is 29.3 Å². The average Bonchev–Trinajstić information content (AvgIpc) is 3.24. The van der Waals surface area contributed by atoms with Crippen molar-refractivity contribution < 1.29 is 24.0 Å². The van der Waals surface area contributed by atoms with E-state index in [4.69, 9.17) is 4.74 Å². The third-order valence-electron chi connectivity index (χ3n) is 7.83. The maximum absolute atomic E-state index is 12.6. The number of piperidine rings is 1. The maximum atomic E-state index is 12.6. The minimum absolute atomic E-state index is 0.107. The molecule has 10 nitrogen and oxygen atoms in total. The SMILES string of the molecule is O=C(Nc1ccccc1-c1ccccc1)OC1CCN(CCCCCCN2C(=O)c3ccc([N+](=O)[O-])cc3C2=O)CC1. The first-order chi connectivity index (χ1) is 20.4. The van der Waals surface area contributed by atoms with Gasteiger partial charge in [-0.1, -0.05) is 61.4 Å². The third-order valence-corrected chi connectivity index (χ3v) is 7.83.